The first-order chi connectivity index (χ1) is 8.60. The summed E-state index contributed by atoms with van der Waals surface area (Å²) in [5, 5.41) is 3.53. The molecule has 0 unspecified atom stereocenters. The van der Waals surface area contributed by atoms with Gasteiger partial charge in [-0.05, 0) is 30.3 Å². The lowest BCUT2D eigenvalue weighted by Gasteiger charge is -1.99. The van der Waals surface area contributed by atoms with Gasteiger partial charge in [0.15, 0.2) is 0 Å². The third kappa shape index (κ3) is 2.40. The summed E-state index contributed by atoms with van der Waals surface area (Å²) >= 11 is 0. The van der Waals surface area contributed by atoms with Gasteiger partial charge >= 0.3 is 5.97 Å². The van der Waals surface area contributed by atoms with Gasteiger partial charge in [0.1, 0.15) is 0 Å². The summed E-state index contributed by atoms with van der Waals surface area (Å²) in [5.41, 5.74) is 12.8. The molecular formula is C11H12N4O3. The van der Waals surface area contributed by atoms with Crippen molar-refractivity contribution in [2.45, 2.75) is 6.92 Å². The number of hydrogen-bond acceptors (Lipinski definition) is 7. The molecule has 7 heteroatoms. The third-order valence-corrected chi connectivity index (χ3v) is 2.11. The molecule has 1 aromatic carbocycles. The third-order valence-electron chi connectivity index (χ3n) is 2.11. The number of nitrogen functional groups attached to an aromatic ring is 2. The van der Waals surface area contributed by atoms with Gasteiger partial charge in [0.25, 0.3) is 11.7 Å². The van der Waals surface area contributed by atoms with Crippen molar-refractivity contribution in [1.29, 1.82) is 0 Å². The van der Waals surface area contributed by atoms with Crippen molar-refractivity contribution < 1.29 is 14.1 Å². The first-order valence-electron chi connectivity index (χ1n) is 5.27. The lowest BCUT2D eigenvalue weighted by molar-refractivity contribution is 0.0508. The van der Waals surface area contributed by atoms with E-state index in [1.807, 2.05) is 0 Å². The molecule has 7 nitrogen and oxygen atoms in total. The largest absolute Gasteiger partial charge is 0.460 e. The van der Waals surface area contributed by atoms with Gasteiger partial charge in [-0.1, -0.05) is 0 Å². The molecule has 0 aliphatic heterocycles. The molecule has 0 fully saturated rings. The normalized spacial score (nSPS) is 10.3. The topological polar surface area (TPSA) is 117 Å². The molecule has 0 saturated heterocycles. The van der Waals surface area contributed by atoms with E-state index >= 15 is 0 Å². The molecule has 0 bridgehead atoms. The number of nitrogens with two attached hydrogens (primary N) is 2. The maximum atomic E-state index is 11.4. The van der Waals surface area contributed by atoms with Crippen LogP contribution < -0.4 is 11.5 Å². The van der Waals surface area contributed by atoms with Crippen molar-refractivity contribution in [3.05, 3.63) is 24.0 Å². The molecule has 0 radical (unpaired) electrons. The van der Waals surface area contributed by atoms with Gasteiger partial charge in [0.05, 0.1) is 6.61 Å². The molecule has 4 N–H and O–H groups in total. The van der Waals surface area contributed by atoms with Crippen molar-refractivity contribution in [3.63, 3.8) is 0 Å². The van der Waals surface area contributed by atoms with Crippen molar-refractivity contribution >= 4 is 17.3 Å². The van der Waals surface area contributed by atoms with Crippen LogP contribution in [0.3, 0.4) is 0 Å². The van der Waals surface area contributed by atoms with Gasteiger partial charge in [-0.15, -0.1) is 0 Å². The fourth-order valence-corrected chi connectivity index (χ4v) is 1.42. The van der Waals surface area contributed by atoms with Crippen LogP contribution in [-0.4, -0.2) is 22.7 Å². The molecule has 18 heavy (non-hydrogen) atoms. The summed E-state index contributed by atoms with van der Waals surface area (Å²) in [5.74, 6) is -0.603. The number of hydrogen-bond donors (Lipinski definition) is 2. The second-order valence-electron chi connectivity index (χ2n) is 3.53. The molecule has 94 valence electrons. The molecule has 0 atom stereocenters. The second kappa shape index (κ2) is 4.74. The van der Waals surface area contributed by atoms with E-state index < -0.39 is 5.97 Å². The Hall–Kier alpha value is -2.57. The van der Waals surface area contributed by atoms with E-state index in [0.717, 1.165) is 0 Å². The van der Waals surface area contributed by atoms with Gasteiger partial charge in [-0.2, -0.15) is 4.98 Å². The number of nitrogens with zero attached hydrogens (tertiary/aromatic N) is 2. The van der Waals surface area contributed by atoms with Crippen LogP contribution in [-0.2, 0) is 4.74 Å². The number of rotatable bonds is 3. The number of carbonyl (C=O) groups excluding carboxylic acids is 1. The van der Waals surface area contributed by atoms with Crippen LogP contribution in [0.2, 0.25) is 0 Å². The highest BCUT2D eigenvalue weighted by atomic mass is 16.5. The average Bonchev–Trinajstić information content (AvgIpc) is 2.77. The summed E-state index contributed by atoms with van der Waals surface area (Å²) in [7, 11) is 0. The van der Waals surface area contributed by atoms with Crippen LogP contribution in [0.25, 0.3) is 11.5 Å². The first kappa shape index (κ1) is 11.9. The van der Waals surface area contributed by atoms with Crippen molar-refractivity contribution in [3.8, 4) is 11.5 Å². The Morgan fingerprint density at radius 1 is 1.33 bits per heavy atom. The number of esters is 1. The lowest BCUT2D eigenvalue weighted by atomic mass is 10.2. The first-order valence-corrected chi connectivity index (χ1v) is 5.27. The van der Waals surface area contributed by atoms with Crippen LogP contribution in [0, 0.1) is 0 Å². The predicted molar refractivity (Wildman–Crippen MR) is 64.5 cm³/mol. The van der Waals surface area contributed by atoms with Gasteiger partial charge in [0.2, 0.25) is 0 Å². The quantitative estimate of drug-likeness (QED) is 0.616. The Labute approximate surface area is 103 Å². The van der Waals surface area contributed by atoms with Crippen molar-refractivity contribution in [1.82, 2.24) is 10.1 Å². The second-order valence-corrected chi connectivity index (χ2v) is 3.53. The summed E-state index contributed by atoms with van der Waals surface area (Å²) in [6, 6.07) is 4.85. The van der Waals surface area contributed by atoms with Crippen LogP contribution in [0.4, 0.5) is 11.4 Å². The van der Waals surface area contributed by atoms with Crippen LogP contribution in [0.1, 0.15) is 17.5 Å². The summed E-state index contributed by atoms with van der Waals surface area (Å²) in [6.45, 7) is 1.94. The number of carbonyl (C=O) groups is 1. The van der Waals surface area contributed by atoms with E-state index in [0.29, 0.717) is 16.9 Å². The molecule has 0 amide bonds. The van der Waals surface area contributed by atoms with Crippen LogP contribution in [0.15, 0.2) is 22.7 Å². The number of aromatic nitrogens is 2. The van der Waals surface area contributed by atoms with Gasteiger partial charge in [-0.3, -0.25) is 0 Å². The van der Waals surface area contributed by atoms with Crippen LogP contribution >= 0.6 is 0 Å². The SMILES string of the molecule is CCOC(=O)c1noc(-c2cc(N)cc(N)c2)n1. The molecule has 0 saturated carbocycles. The van der Waals surface area contributed by atoms with Crippen molar-refractivity contribution in [2.24, 2.45) is 0 Å². The highest BCUT2D eigenvalue weighted by Crippen LogP contribution is 2.23. The Morgan fingerprint density at radius 3 is 2.61 bits per heavy atom. The van der Waals surface area contributed by atoms with E-state index in [-0.39, 0.29) is 18.3 Å². The summed E-state index contributed by atoms with van der Waals surface area (Å²) < 4.78 is 9.71. The van der Waals surface area contributed by atoms with Crippen LogP contribution in [0.5, 0.6) is 0 Å². The highest BCUT2D eigenvalue weighted by Gasteiger charge is 2.16. The maximum Gasteiger partial charge on any atom is 0.379 e. The Bertz CT molecular complexity index is 559. The maximum absolute atomic E-state index is 11.4. The van der Waals surface area contributed by atoms with E-state index in [1.54, 1.807) is 25.1 Å². The van der Waals surface area contributed by atoms with Gasteiger partial charge < -0.3 is 20.7 Å². The standard InChI is InChI=1S/C11H12N4O3/c1-2-17-11(16)9-14-10(18-15-9)6-3-7(12)5-8(13)4-6/h3-5H,2,12-13H2,1H3. The number of anilines is 2. The molecule has 0 aliphatic carbocycles. The number of ether oxygens (including phenoxy) is 1. The minimum Gasteiger partial charge on any atom is -0.460 e. The molecule has 2 aromatic rings. The van der Waals surface area contributed by atoms with Gasteiger partial charge in [0, 0.05) is 16.9 Å². The fourth-order valence-electron chi connectivity index (χ4n) is 1.42. The molecule has 1 heterocycles. The zero-order chi connectivity index (χ0) is 13.1. The Kier molecular flexibility index (Phi) is 3.13. The van der Waals surface area contributed by atoms with E-state index in [1.165, 1.54) is 0 Å². The van der Waals surface area contributed by atoms with E-state index in [2.05, 4.69) is 10.1 Å². The summed E-state index contributed by atoms with van der Waals surface area (Å²) in [6.07, 6.45) is 0. The predicted octanol–water partition coefficient (Wildman–Crippen LogP) is 1.08. The van der Waals surface area contributed by atoms with Crippen molar-refractivity contribution in [2.75, 3.05) is 18.1 Å². The zero-order valence-corrected chi connectivity index (χ0v) is 9.71. The molecule has 2 rings (SSSR count). The summed E-state index contributed by atoms with van der Waals surface area (Å²) in [4.78, 5) is 15.3. The Balaban J connectivity index is 2.32. The zero-order valence-electron chi connectivity index (χ0n) is 9.71. The van der Waals surface area contributed by atoms with E-state index in [4.69, 9.17) is 20.7 Å². The fraction of sp³-hybridized carbons (Fsp3) is 0.182. The highest BCUT2D eigenvalue weighted by molar-refractivity contribution is 5.85. The Morgan fingerprint density at radius 2 is 2.00 bits per heavy atom. The monoisotopic (exact) mass is 248 g/mol. The molecule has 0 aliphatic rings. The minimum absolute atomic E-state index is 0.132. The average molecular weight is 248 g/mol. The molecular weight excluding hydrogens is 236 g/mol. The lowest BCUT2D eigenvalue weighted by Crippen LogP contribution is -2.06. The molecule has 0 spiro atoms. The smallest absolute Gasteiger partial charge is 0.379 e. The number of benzene rings is 1. The van der Waals surface area contributed by atoms with Gasteiger partial charge in [-0.25, -0.2) is 4.79 Å². The molecule has 1 aromatic heterocycles. The van der Waals surface area contributed by atoms with E-state index in [9.17, 15) is 4.79 Å². The minimum atomic E-state index is -0.635.